The minimum Gasteiger partial charge on any atom is -0.355 e. The van der Waals surface area contributed by atoms with Crippen molar-refractivity contribution in [3.8, 4) is 0 Å². The average Bonchev–Trinajstić information content (AvgIpc) is 2.48. The summed E-state index contributed by atoms with van der Waals surface area (Å²) in [5, 5.41) is 0. The Morgan fingerprint density at radius 2 is 1.74 bits per heavy atom. The van der Waals surface area contributed by atoms with Crippen LogP contribution in [-0.2, 0) is 16.1 Å². The van der Waals surface area contributed by atoms with Crippen LogP contribution in [-0.4, -0.2) is 19.9 Å². The summed E-state index contributed by atoms with van der Waals surface area (Å²) in [5.41, 5.74) is 7.00. The molecule has 2 unspecified atom stereocenters. The van der Waals surface area contributed by atoms with Gasteiger partial charge in [-0.05, 0) is 36.8 Å². The smallest absolute Gasteiger partial charge is 0.147 e. The topological polar surface area (TPSA) is 44.5 Å². The summed E-state index contributed by atoms with van der Waals surface area (Å²) in [6, 6.07) is 10.2. The molecule has 1 aromatic carbocycles. The number of nitrogens with two attached hydrogens (primary N) is 1. The summed E-state index contributed by atoms with van der Waals surface area (Å²) in [6.45, 7) is 2.57. The first kappa shape index (κ1) is 14.5. The van der Waals surface area contributed by atoms with Gasteiger partial charge in [-0.2, -0.15) is 0 Å². The van der Waals surface area contributed by atoms with E-state index in [2.05, 4.69) is 12.1 Å². The van der Waals surface area contributed by atoms with Gasteiger partial charge in [0.15, 0.2) is 0 Å². The molecular formula is C16H25NO2. The molecule has 1 fully saturated rings. The van der Waals surface area contributed by atoms with Gasteiger partial charge in [0.2, 0.25) is 0 Å². The first-order chi connectivity index (χ1) is 9.40. The summed E-state index contributed by atoms with van der Waals surface area (Å²) in [5.74, 6) is 1.27. The number of hydrogen-bond acceptors (Lipinski definition) is 3. The van der Waals surface area contributed by atoms with Crippen molar-refractivity contribution in [2.75, 3.05) is 19.9 Å². The van der Waals surface area contributed by atoms with E-state index >= 15 is 0 Å². The van der Waals surface area contributed by atoms with Gasteiger partial charge in [0.25, 0.3) is 0 Å². The maximum atomic E-state index is 5.81. The van der Waals surface area contributed by atoms with Gasteiger partial charge in [-0.15, -0.1) is 0 Å². The van der Waals surface area contributed by atoms with Crippen molar-refractivity contribution in [1.29, 1.82) is 0 Å². The van der Waals surface area contributed by atoms with Crippen LogP contribution in [0.1, 0.15) is 31.2 Å². The van der Waals surface area contributed by atoms with E-state index in [-0.39, 0.29) is 0 Å². The molecule has 0 aliphatic heterocycles. The molecule has 106 valence electrons. The van der Waals surface area contributed by atoms with Crippen molar-refractivity contribution in [2.45, 2.75) is 32.3 Å². The Morgan fingerprint density at radius 1 is 1.00 bits per heavy atom. The molecule has 0 aromatic heterocycles. The molecule has 1 aliphatic rings. The zero-order chi connectivity index (χ0) is 13.3. The fraction of sp³-hybridized carbons (Fsp3) is 0.625. The molecule has 0 heterocycles. The third kappa shape index (κ3) is 4.94. The lowest BCUT2D eigenvalue weighted by atomic mass is 9.80. The third-order valence-corrected chi connectivity index (χ3v) is 3.98. The second-order valence-corrected chi connectivity index (χ2v) is 5.36. The van der Waals surface area contributed by atoms with Crippen LogP contribution in [0.5, 0.6) is 0 Å². The highest BCUT2D eigenvalue weighted by molar-refractivity contribution is 5.13. The minimum absolute atomic E-state index is 0.378. The van der Waals surface area contributed by atoms with E-state index in [1.54, 1.807) is 0 Å². The van der Waals surface area contributed by atoms with Gasteiger partial charge in [-0.3, -0.25) is 0 Å². The molecule has 19 heavy (non-hydrogen) atoms. The largest absolute Gasteiger partial charge is 0.355 e. The SMILES string of the molecule is NCC1CCCCC1COCOCc1ccccc1. The highest BCUT2D eigenvalue weighted by Gasteiger charge is 2.23. The Kier molecular flexibility index (Phi) is 6.34. The van der Waals surface area contributed by atoms with E-state index in [1.807, 2.05) is 18.2 Å². The van der Waals surface area contributed by atoms with E-state index in [9.17, 15) is 0 Å². The summed E-state index contributed by atoms with van der Waals surface area (Å²) in [6.07, 6.45) is 5.15. The molecule has 1 aliphatic carbocycles. The predicted octanol–water partition coefficient (Wildman–Crippen LogP) is 2.94. The van der Waals surface area contributed by atoms with E-state index in [0.717, 1.165) is 13.2 Å². The lowest BCUT2D eigenvalue weighted by Crippen LogP contribution is -2.30. The molecule has 0 bridgehead atoms. The highest BCUT2D eigenvalue weighted by atomic mass is 16.7. The zero-order valence-electron chi connectivity index (χ0n) is 11.6. The van der Waals surface area contributed by atoms with Gasteiger partial charge < -0.3 is 15.2 Å². The van der Waals surface area contributed by atoms with Gasteiger partial charge in [0.05, 0.1) is 13.2 Å². The van der Waals surface area contributed by atoms with Crippen LogP contribution in [0.25, 0.3) is 0 Å². The van der Waals surface area contributed by atoms with Gasteiger partial charge in [-0.1, -0.05) is 43.2 Å². The van der Waals surface area contributed by atoms with Crippen molar-refractivity contribution >= 4 is 0 Å². The second kappa shape index (κ2) is 8.31. The fourth-order valence-corrected chi connectivity index (χ4v) is 2.81. The normalized spacial score (nSPS) is 23.4. The Hall–Kier alpha value is -0.900. The van der Waals surface area contributed by atoms with Crippen LogP contribution in [0.2, 0.25) is 0 Å². The van der Waals surface area contributed by atoms with E-state index in [4.69, 9.17) is 15.2 Å². The van der Waals surface area contributed by atoms with Crippen LogP contribution in [0.4, 0.5) is 0 Å². The average molecular weight is 263 g/mol. The van der Waals surface area contributed by atoms with E-state index in [1.165, 1.54) is 31.2 Å². The molecule has 0 radical (unpaired) electrons. The molecule has 0 saturated heterocycles. The van der Waals surface area contributed by atoms with Crippen molar-refractivity contribution in [3.05, 3.63) is 35.9 Å². The maximum absolute atomic E-state index is 5.81. The zero-order valence-corrected chi connectivity index (χ0v) is 11.6. The first-order valence-corrected chi connectivity index (χ1v) is 7.29. The van der Waals surface area contributed by atoms with Crippen LogP contribution in [0.3, 0.4) is 0 Å². The van der Waals surface area contributed by atoms with Gasteiger partial charge in [0, 0.05) is 0 Å². The molecule has 1 saturated carbocycles. The minimum atomic E-state index is 0.378. The lowest BCUT2D eigenvalue weighted by molar-refractivity contribution is -0.0796. The van der Waals surface area contributed by atoms with Crippen LogP contribution >= 0.6 is 0 Å². The monoisotopic (exact) mass is 263 g/mol. The number of rotatable bonds is 7. The summed E-state index contributed by atoms with van der Waals surface area (Å²) >= 11 is 0. The number of benzene rings is 1. The summed E-state index contributed by atoms with van der Waals surface area (Å²) in [7, 11) is 0. The van der Waals surface area contributed by atoms with Crippen LogP contribution < -0.4 is 5.73 Å². The van der Waals surface area contributed by atoms with Crippen LogP contribution in [0.15, 0.2) is 30.3 Å². The fourth-order valence-electron chi connectivity index (χ4n) is 2.81. The van der Waals surface area contributed by atoms with Gasteiger partial charge in [0.1, 0.15) is 6.79 Å². The molecule has 0 spiro atoms. The van der Waals surface area contributed by atoms with Crippen molar-refractivity contribution < 1.29 is 9.47 Å². The van der Waals surface area contributed by atoms with Crippen molar-refractivity contribution in [1.82, 2.24) is 0 Å². The molecule has 2 rings (SSSR count). The van der Waals surface area contributed by atoms with E-state index < -0.39 is 0 Å². The van der Waals surface area contributed by atoms with Gasteiger partial charge in [-0.25, -0.2) is 0 Å². The van der Waals surface area contributed by atoms with Crippen molar-refractivity contribution in [3.63, 3.8) is 0 Å². The Labute approximate surface area is 116 Å². The quantitative estimate of drug-likeness (QED) is 0.607. The van der Waals surface area contributed by atoms with Gasteiger partial charge >= 0.3 is 0 Å². The number of hydrogen-bond donors (Lipinski definition) is 1. The maximum Gasteiger partial charge on any atom is 0.147 e. The molecule has 3 nitrogen and oxygen atoms in total. The second-order valence-electron chi connectivity index (χ2n) is 5.36. The highest BCUT2D eigenvalue weighted by Crippen LogP contribution is 2.29. The standard InChI is InChI=1S/C16H25NO2/c17-10-15-8-4-5-9-16(15)12-19-13-18-11-14-6-2-1-3-7-14/h1-3,6-7,15-16H,4-5,8-13,17H2. The first-order valence-electron chi connectivity index (χ1n) is 7.29. The molecule has 0 amide bonds. The predicted molar refractivity (Wildman–Crippen MR) is 76.6 cm³/mol. The molecule has 2 N–H and O–H groups in total. The van der Waals surface area contributed by atoms with Crippen molar-refractivity contribution in [2.24, 2.45) is 17.6 Å². The lowest BCUT2D eigenvalue weighted by Gasteiger charge is -2.30. The summed E-state index contributed by atoms with van der Waals surface area (Å²) in [4.78, 5) is 0. The van der Waals surface area contributed by atoms with Crippen LogP contribution in [0, 0.1) is 11.8 Å². The van der Waals surface area contributed by atoms with E-state index in [0.29, 0.717) is 25.2 Å². The molecule has 2 atom stereocenters. The molecule has 3 heteroatoms. The summed E-state index contributed by atoms with van der Waals surface area (Å²) < 4.78 is 11.2. The Bertz CT molecular complexity index is 342. The Balaban J connectivity index is 1.58. The third-order valence-electron chi connectivity index (χ3n) is 3.98. The molecule has 1 aromatic rings. The Morgan fingerprint density at radius 3 is 2.47 bits per heavy atom. The molecular weight excluding hydrogens is 238 g/mol. The number of ether oxygens (including phenoxy) is 2.